The van der Waals surface area contributed by atoms with E-state index >= 15 is 0 Å². The largest absolute Gasteiger partial charge is 0.240 e. The number of hydrogen-bond donors (Lipinski definition) is 1. The molecular formula is C10H13BrClNO2S. The number of sulfonamides is 1. The van der Waals surface area contributed by atoms with Crippen LogP contribution in [-0.2, 0) is 10.0 Å². The van der Waals surface area contributed by atoms with Gasteiger partial charge in [0.2, 0.25) is 10.0 Å². The molecule has 16 heavy (non-hydrogen) atoms. The zero-order valence-electron chi connectivity index (χ0n) is 8.78. The minimum atomic E-state index is -3.42. The van der Waals surface area contributed by atoms with Crippen LogP contribution in [0.1, 0.15) is 13.3 Å². The van der Waals surface area contributed by atoms with Gasteiger partial charge in [0.05, 0.1) is 4.90 Å². The third-order valence-electron chi connectivity index (χ3n) is 2.06. The molecule has 0 bridgehead atoms. The zero-order chi connectivity index (χ0) is 12.2. The van der Waals surface area contributed by atoms with Crippen molar-refractivity contribution in [2.75, 3.05) is 6.54 Å². The molecule has 0 aliphatic heterocycles. The van der Waals surface area contributed by atoms with Crippen LogP contribution in [0, 0.1) is 0 Å². The number of hydrogen-bond acceptors (Lipinski definition) is 2. The Labute approximate surface area is 109 Å². The smallest absolute Gasteiger partial charge is 0.210 e. The first kappa shape index (κ1) is 14.0. The number of alkyl halides is 1. The van der Waals surface area contributed by atoms with Crippen molar-refractivity contribution in [3.05, 3.63) is 29.3 Å². The number of halogens is 2. The second-order valence-electron chi connectivity index (χ2n) is 3.31. The minimum Gasteiger partial charge on any atom is -0.210 e. The van der Waals surface area contributed by atoms with Gasteiger partial charge in [0, 0.05) is 16.4 Å². The van der Waals surface area contributed by atoms with Crippen LogP contribution < -0.4 is 4.72 Å². The third-order valence-corrected chi connectivity index (χ3v) is 4.72. The molecule has 0 spiro atoms. The van der Waals surface area contributed by atoms with Gasteiger partial charge in [0.15, 0.2) is 0 Å². The van der Waals surface area contributed by atoms with E-state index in [2.05, 4.69) is 20.7 Å². The van der Waals surface area contributed by atoms with Crippen LogP contribution in [0.2, 0.25) is 5.02 Å². The first-order chi connectivity index (χ1) is 7.45. The molecule has 0 heterocycles. The Morgan fingerprint density at radius 1 is 1.38 bits per heavy atom. The number of benzene rings is 1. The van der Waals surface area contributed by atoms with Crippen LogP contribution in [0.25, 0.3) is 0 Å². The van der Waals surface area contributed by atoms with E-state index in [1.54, 1.807) is 12.1 Å². The molecule has 1 atom stereocenters. The van der Waals surface area contributed by atoms with Gasteiger partial charge in [-0.3, -0.25) is 0 Å². The second kappa shape index (κ2) is 6.00. The molecule has 0 aliphatic rings. The normalized spacial score (nSPS) is 13.7. The molecule has 3 nitrogen and oxygen atoms in total. The summed E-state index contributed by atoms with van der Waals surface area (Å²) in [5.41, 5.74) is 0. The van der Waals surface area contributed by atoms with Gasteiger partial charge in [-0.1, -0.05) is 34.5 Å². The molecule has 0 saturated carbocycles. The highest BCUT2D eigenvalue weighted by molar-refractivity contribution is 9.09. The monoisotopic (exact) mass is 325 g/mol. The molecule has 0 amide bonds. The first-order valence-electron chi connectivity index (χ1n) is 4.85. The van der Waals surface area contributed by atoms with E-state index < -0.39 is 10.0 Å². The quantitative estimate of drug-likeness (QED) is 0.846. The van der Waals surface area contributed by atoms with E-state index in [9.17, 15) is 8.42 Å². The fourth-order valence-electron chi connectivity index (χ4n) is 1.04. The Morgan fingerprint density at radius 3 is 2.44 bits per heavy atom. The molecule has 0 aliphatic carbocycles. The zero-order valence-corrected chi connectivity index (χ0v) is 11.9. The highest BCUT2D eigenvalue weighted by Crippen LogP contribution is 2.14. The fourth-order valence-corrected chi connectivity index (χ4v) is 2.63. The SMILES string of the molecule is CCC(Br)CNS(=O)(=O)c1ccc(Cl)cc1. The van der Waals surface area contributed by atoms with Gasteiger partial charge < -0.3 is 0 Å². The molecule has 1 unspecified atom stereocenters. The minimum absolute atomic E-state index is 0.148. The van der Waals surface area contributed by atoms with Crippen molar-refractivity contribution >= 4 is 37.6 Å². The van der Waals surface area contributed by atoms with Gasteiger partial charge in [-0.2, -0.15) is 0 Å². The Kier molecular flexibility index (Phi) is 5.24. The Balaban J connectivity index is 2.74. The molecule has 0 saturated heterocycles. The van der Waals surface area contributed by atoms with Crippen molar-refractivity contribution in [2.24, 2.45) is 0 Å². The predicted octanol–water partition coefficient (Wildman–Crippen LogP) is 2.79. The molecule has 1 N–H and O–H groups in total. The van der Waals surface area contributed by atoms with E-state index in [0.717, 1.165) is 6.42 Å². The molecule has 1 aromatic carbocycles. The van der Waals surface area contributed by atoms with E-state index in [0.29, 0.717) is 11.6 Å². The van der Waals surface area contributed by atoms with Crippen LogP contribution in [-0.4, -0.2) is 19.8 Å². The van der Waals surface area contributed by atoms with Crippen LogP contribution in [0.3, 0.4) is 0 Å². The van der Waals surface area contributed by atoms with Gasteiger partial charge in [0.25, 0.3) is 0 Å². The third kappa shape index (κ3) is 4.05. The molecule has 1 aromatic rings. The number of rotatable bonds is 5. The summed E-state index contributed by atoms with van der Waals surface area (Å²) in [5.74, 6) is 0. The van der Waals surface area contributed by atoms with Gasteiger partial charge in [-0.15, -0.1) is 0 Å². The Morgan fingerprint density at radius 2 is 1.94 bits per heavy atom. The highest BCUT2D eigenvalue weighted by Gasteiger charge is 2.14. The Hall–Kier alpha value is -0.100. The van der Waals surface area contributed by atoms with Crippen molar-refractivity contribution in [2.45, 2.75) is 23.1 Å². The van der Waals surface area contributed by atoms with Crippen LogP contribution in [0.4, 0.5) is 0 Å². The molecule has 0 radical (unpaired) electrons. The summed E-state index contributed by atoms with van der Waals surface area (Å²) < 4.78 is 26.1. The number of nitrogens with one attached hydrogen (secondary N) is 1. The highest BCUT2D eigenvalue weighted by atomic mass is 79.9. The van der Waals surface area contributed by atoms with E-state index in [1.165, 1.54) is 12.1 Å². The lowest BCUT2D eigenvalue weighted by Gasteiger charge is -2.09. The first-order valence-corrected chi connectivity index (χ1v) is 7.62. The summed E-state index contributed by atoms with van der Waals surface area (Å²) in [6.45, 7) is 2.36. The van der Waals surface area contributed by atoms with Crippen LogP contribution >= 0.6 is 27.5 Å². The summed E-state index contributed by atoms with van der Waals surface area (Å²) in [6, 6.07) is 6.09. The Bertz CT molecular complexity index is 433. The summed E-state index contributed by atoms with van der Waals surface area (Å²) in [6.07, 6.45) is 0.864. The van der Waals surface area contributed by atoms with Crippen molar-refractivity contribution in [3.8, 4) is 0 Å². The van der Waals surface area contributed by atoms with Crippen molar-refractivity contribution in [1.29, 1.82) is 0 Å². The van der Waals surface area contributed by atoms with Gasteiger partial charge >= 0.3 is 0 Å². The standard InChI is InChI=1S/C10H13BrClNO2S/c1-2-8(11)7-13-16(14,15)10-5-3-9(12)4-6-10/h3-6,8,13H,2,7H2,1H3. The second-order valence-corrected chi connectivity index (χ2v) is 6.81. The molecule has 1 rings (SSSR count). The summed E-state index contributed by atoms with van der Waals surface area (Å²) in [4.78, 5) is 0.377. The molecule has 0 aromatic heterocycles. The summed E-state index contributed by atoms with van der Waals surface area (Å²) in [7, 11) is -3.42. The average molecular weight is 327 g/mol. The van der Waals surface area contributed by atoms with Crippen molar-refractivity contribution in [1.82, 2.24) is 4.72 Å². The summed E-state index contributed by atoms with van der Waals surface area (Å²) >= 11 is 9.05. The molecule has 6 heteroatoms. The van der Waals surface area contributed by atoms with Crippen LogP contribution in [0.5, 0.6) is 0 Å². The van der Waals surface area contributed by atoms with Gasteiger partial charge in [-0.25, -0.2) is 13.1 Å². The maximum absolute atomic E-state index is 11.8. The van der Waals surface area contributed by atoms with E-state index in [-0.39, 0.29) is 9.72 Å². The molecular weight excluding hydrogens is 314 g/mol. The van der Waals surface area contributed by atoms with Gasteiger partial charge in [0.1, 0.15) is 0 Å². The predicted molar refractivity (Wildman–Crippen MR) is 69.6 cm³/mol. The lowest BCUT2D eigenvalue weighted by atomic mass is 10.3. The lowest BCUT2D eigenvalue weighted by Crippen LogP contribution is -2.29. The molecule has 0 fully saturated rings. The average Bonchev–Trinajstić information content (AvgIpc) is 2.26. The van der Waals surface area contributed by atoms with E-state index in [1.807, 2.05) is 6.92 Å². The van der Waals surface area contributed by atoms with Crippen LogP contribution in [0.15, 0.2) is 29.2 Å². The summed E-state index contributed by atoms with van der Waals surface area (Å²) in [5, 5.41) is 0.519. The topological polar surface area (TPSA) is 46.2 Å². The van der Waals surface area contributed by atoms with Gasteiger partial charge in [-0.05, 0) is 30.7 Å². The maximum atomic E-state index is 11.8. The van der Waals surface area contributed by atoms with E-state index in [4.69, 9.17) is 11.6 Å². The van der Waals surface area contributed by atoms with Crippen molar-refractivity contribution < 1.29 is 8.42 Å². The fraction of sp³-hybridized carbons (Fsp3) is 0.400. The lowest BCUT2D eigenvalue weighted by molar-refractivity contribution is 0.580. The molecule has 90 valence electrons. The maximum Gasteiger partial charge on any atom is 0.240 e. The van der Waals surface area contributed by atoms with Crippen molar-refractivity contribution in [3.63, 3.8) is 0 Å².